The summed E-state index contributed by atoms with van der Waals surface area (Å²) < 4.78 is 0. The Bertz CT molecular complexity index is 1050. The largest absolute Gasteiger partial charge is 0.348 e. The molecule has 0 bridgehead atoms. The topological polar surface area (TPSA) is 36.4 Å². The first-order valence-electron chi connectivity index (χ1n) is 15.6. The summed E-state index contributed by atoms with van der Waals surface area (Å²) in [5, 5.41) is 0. The van der Waals surface area contributed by atoms with Crippen LogP contribution in [0.15, 0.2) is 59.7 Å². The van der Waals surface area contributed by atoms with E-state index in [1.807, 2.05) is 0 Å². The normalized spacial score (nSPS) is 11.3. The van der Waals surface area contributed by atoms with E-state index >= 15 is 0 Å². The number of rotatable bonds is 19. The summed E-state index contributed by atoms with van der Waals surface area (Å²) >= 11 is 0. The van der Waals surface area contributed by atoms with Crippen LogP contribution in [0.1, 0.15) is 140 Å². The van der Waals surface area contributed by atoms with Gasteiger partial charge in [-0.1, -0.05) is 128 Å². The molecule has 216 valence electrons. The van der Waals surface area contributed by atoms with Crippen LogP contribution in [0, 0.1) is 0 Å². The summed E-state index contributed by atoms with van der Waals surface area (Å²) in [6.07, 6.45) is 18.7. The first kappa shape index (κ1) is 34.9. The summed E-state index contributed by atoms with van der Waals surface area (Å²) in [4.78, 5) is 3.45. The Morgan fingerprint density at radius 3 is 1.90 bits per heavy atom. The van der Waals surface area contributed by atoms with Gasteiger partial charge in [0.05, 0.1) is 5.57 Å². The van der Waals surface area contributed by atoms with Crippen LogP contribution >= 0.6 is 0 Å². The molecule has 0 amide bonds. The summed E-state index contributed by atoms with van der Waals surface area (Å²) in [5.41, 5.74) is 18.6. The third-order valence-electron chi connectivity index (χ3n) is 7.51. The molecule has 0 atom stereocenters. The summed E-state index contributed by atoms with van der Waals surface area (Å²) in [7, 11) is 0. The maximum atomic E-state index is 9.64. The average Bonchev–Trinajstić information content (AvgIpc) is 2.95. The van der Waals surface area contributed by atoms with Gasteiger partial charge in [0, 0.05) is 16.5 Å². The first-order chi connectivity index (χ1) is 18.7. The van der Waals surface area contributed by atoms with Gasteiger partial charge in [0.15, 0.2) is 0 Å². The van der Waals surface area contributed by atoms with Gasteiger partial charge in [0.1, 0.15) is 0 Å². The van der Waals surface area contributed by atoms with Crippen LogP contribution in [-0.4, -0.2) is 10.7 Å². The summed E-state index contributed by atoms with van der Waals surface area (Å²) in [6, 6.07) is 18.4. The van der Waals surface area contributed by atoms with Crippen LogP contribution in [-0.2, 0) is 29.3 Å². The monoisotopic (exact) mass is 570 g/mol. The van der Waals surface area contributed by atoms with E-state index in [2.05, 4.69) is 86.9 Å². The Kier molecular flexibility index (Phi) is 19.3. The van der Waals surface area contributed by atoms with Gasteiger partial charge >= 0.3 is 5.87 Å². The van der Waals surface area contributed by atoms with Crippen LogP contribution < -0.4 is 0 Å². The Balaban J connectivity index is 0.00000760. The quantitative estimate of drug-likeness (QED) is 0.0402. The molecule has 3 heteroatoms. The van der Waals surface area contributed by atoms with Crippen molar-refractivity contribution in [1.29, 1.82) is 0 Å². The number of unbranched alkanes of at least 4 members (excludes halogenated alkanes) is 8. The predicted octanol–water partition coefficient (Wildman–Crippen LogP) is 10.9. The summed E-state index contributed by atoms with van der Waals surface area (Å²) in [5.74, 6) is 3.04. The molecule has 0 aliphatic carbocycles. The summed E-state index contributed by atoms with van der Waals surface area (Å²) in [6.45, 7) is 9.02. The number of nitrogens with zero attached hydrogens (tertiary/aromatic N) is 2. The number of hydrogen-bond acceptors (Lipinski definition) is 0. The van der Waals surface area contributed by atoms with Crippen LogP contribution in [0.4, 0.5) is 0 Å². The van der Waals surface area contributed by atoms with Gasteiger partial charge in [-0.2, -0.15) is 0 Å². The SMILES string of the molecule is CCCCCCCCC(=C=[N+]=[N-])C(CCCC)=C(c1ccc(CCCC)cc1)c1cccc(CCCC)c1.[Ni]. The van der Waals surface area contributed by atoms with E-state index in [9.17, 15) is 5.53 Å². The van der Waals surface area contributed by atoms with Crippen molar-refractivity contribution in [3.05, 3.63) is 87.5 Å². The second-order valence-electron chi connectivity index (χ2n) is 10.8. The van der Waals surface area contributed by atoms with Crippen molar-refractivity contribution in [1.82, 2.24) is 0 Å². The van der Waals surface area contributed by atoms with Crippen molar-refractivity contribution < 1.29 is 21.3 Å². The standard InChI is InChI=1S/C36H52N2.Ni/c1-5-9-13-14-15-16-21-34(29-38-37)35(23-12-8-4)36(32-26-24-30(25-27-32)18-10-6-2)33-22-17-20-31(28-33)19-11-7-3;/h17,20,22,24-28H,5-16,18-19,21,23H2,1-4H3;. The van der Waals surface area contributed by atoms with Crippen molar-refractivity contribution in [2.75, 3.05) is 0 Å². The smallest absolute Gasteiger partial charge is 0.303 e. The molecule has 2 aromatic carbocycles. The van der Waals surface area contributed by atoms with E-state index in [0.717, 1.165) is 50.5 Å². The maximum absolute atomic E-state index is 9.64. The van der Waals surface area contributed by atoms with E-state index in [1.54, 1.807) is 0 Å². The van der Waals surface area contributed by atoms with Crippen LogP contribution in [0.5, 0.6) is 0 Å². The molecule has 0 saturated carbocycles. The molecule has 39 heavy (non-hydrogen) atoms. The van der Waals surface area contributed by atoms with Crippen LogP contribution in [0.25, 0.3) is 11.1 Å². The minimum absolute atomic E-state index is 0. The number of benzene rings is 2. The van der Waals surface area contributed by atoms with E-state index in [1.165, 1.54) is 91.2 Å². The van der Waals surface area contributed by atoms with Gasteiger partial charge in [0.2, 0.25) is 0 Å². The zero-order valence-corrected chi connectivity index (χ0v) is 26.1. The molecule has 0 saturated heterocycles. The molecular weight excluding hydrogens is 519 g/mol. The van der Waals surface area contributed by atoms with Gasteiger partial charge in [-0.05, 0) is 84.8 Å². The third-order valence-corrected chi connectivity index (χ3v) is 7.51. The first-order valence-corrected chi connectivity index (χ1v) is 15.6. The van der Waals surface area contributed by atoms with Gasteiger partial charge in [0.25, 0.3) is 0 Å². The Morgan fingerprint density at radius 1 is 0.641 bits per heavy atom. The number of allylic oxidation sites excluding steroid dienone is 2. The molecule has 0 aliphatic heterocycles. The molecule has 2 nitrogen and oxygen atoms in total. The van der Waals surface area contributed by atoms with Crippen molar-refractivity contribution in [3.8, 4) is 0 Å². The van der Waals surface area contributed by atoms with Crippen molar-refractivity contribution in [2.45, 2.75) is 130 Å². The Hall–Kier alpha value is -2.17. The molecule has 0 fully saturated rings. The molecule has 2 aromatic rings. The minimum Gasteiger partial charge on any atom is -0.348 e. The molecule has 2 rings (SSSR count). The average molecular weight is 572 g/mol. The molecule has 0 spiro atoms. The molecule has 0 N–H and O–H groups in total. The second kappa shape index (κ2) is 21.6. The van der Waals surface area contributed by atoms with Gasteiger partial charge < -0.3 is 5.53 Å². The molecule has 0 aromatic heterocycles. The predicted molar refractivity (Wildman–Crippen MR) is 166 cm³/mol. The van der Waals surface area contributed by atoms with Gasteiger partial charge in [-0.15, -0.1) is 4.79 Å². The van der Waals surface area contributed by atoms with E-state index in [-0.39, 0.29) is 16.5 Å². The zero-order chi connectivity index (χ0) is 27.4. The fourth-order valence-electron chi connectivity index (χ4n) is 5.19. The van der Waals surface area contributed by atoms with Crippen molar-refractivity contribution >= 4 is 11.4 Å². The van der Waals surface area contributed by atoms with Crippen LogP contribution in [0.3, 0.4) is 0 Å². The van der Waals surface area contributed by atoms with Gasteiger partial charge in [-0.25, -0.2) is 0 Å². The van der Waals surface area contributed by atoms with Crippen molar-refractivity contribution in [2.24, 2.45) is 0 Å². The zero-order valence-electron chi connectivity index (χ0n) is 25.1. The van der Waals surface area contributed by atoms with E-state index in [0.29, 0.717) is 0 Å². The number of aryl methyl sites for hydroxylation is 2. The molecule has 0 unspecified atom stereocenters. The molecule has 0 radical (unpaired) electrons. The fraction of sp³-hybridized carbons (Fsp3) is 0.556. The molecule has 0 heterocycles. The number of hydrogen-bond donors (Lipinski definition) is 0. The third kappa shape index (κ3) is 12.7. The Labute approximate surface area is 249 Å². The van der Waals surface area contributed by atoms with Crippen LogP contribution in [0.2, 0.25) is 0 Å². The van der Waals surface area contributed by atoms with E-state index in [4.69, 9.17) is 0 Å². The second-order valence-corrected chi connectivity index (χ2v) is 10.8. The molecule has 0 aliphatic rings. The Morgan fingerprint density at radius 2 is 1.26 bits per heavy atom. The van der Waals surface area contributed by atoms with Crippen molar-refractivity contribution in [3.63, 3.8) is 0 Å². The maximum Gasteiger partial charge on any atom is 0.303 e. The van der Waals surface area contributed by atoms with Gasteiger partial charge in [-0.3, -0.25) is 0 Å². The minimum atomic E-state index is 0. The fourth-order valence-corrected chi connectivity index (χ4v) is 5.19. The van der Waals surface area contributed by atoms with E-state index < -0.39 is 0 Å². The molecular formula is C36H52N2Ni.